The third kappa shape index (κ3) is 2.31. The summed E-state index contributed by atoms with van der Waals surface area (Å²) in [5.41, 5.74) is 3.90. The molecular formula is C15H17N. The van der Waals surface area contributed by atoms with Gasteiger partial charge < -0.3 is 5.32 Å². The quantitative estimate of drug-likeness (QED) is 0.821. The van der Waals surface area contributed by atoms with E-state index < -0.39 is 0 Å². The Morgan fingerprint density at radius 2 is 1.38 bits per heavy atom. The van der Waals surface area contributed by atoms with Crippen LogP contribution in [-0.2, 0) is 0 Å². The third-order valence-electron chi connectivity index (χ3n) is 2.83. The smallest absolute Gasteiger partial charge is 0.0574 e. The van der Waals surface area contributed by atoms with Crippen LogP contribution in [0.25, 0.3) is 0 Å². The Hall–Kier alpha value is -1.60. The molecule has 82 valence electrons. The molecule has 0 radical (unpaired) electrons. The zero-order valence-corrected chi connectivity index (χ0v) is 9.77. The Morgan fingerprint density at radius 1 is 0.812 bits per heavy atom. The summed E-state index contributed by atoms with van der Waals surface area (Å²) in [4.78, 5) is 0. The summed E-state index contributed by atoms with van der Waals surface area (Å²) in [7, 11) is 2.00. The number of benzene rings is 2. The lowest BCUT2D eigenvalue weighted by Gasteiger charge is -2.17. The van der Waals surface area contributed by atoms with Crippen LogP contribution in [0.15, 0.2) is 54.6 Å². The lowest BCUT2D eigenvalue weighted by molar-refractivity contribution is 0.692. The van der Waals surface area contributed by atoms with Crippen LogP contribution < -0.4 is 5.32 Å². The molecule has 1 atom stereocenters. The molecule has 0 aliphatic rings. The molecule has 0 saturated carbocycles. The van der Waals surface area contributed by atoms with E-state index in [1.807, 2.05) is 13.1 Å². The minimum absolute atomic E-state index is 0.279. The maximum Gasteiger partial charge on any atom is 0.0574 e. The standard InChI is InChI=1S/C15H17N/c1-12-8-10-14(11-9-12)15(16-2)13-6-4-3-5-7-13/h3-11,15-16H,1-2H3/t15-/m1/s1. The van der Waals surface area contributed by atoms with Crippen molar-refractivity contribution in [2.45, 2.75) is 13.0 Å². The SMILES string of the molecule is CN[C@H](c1ccccc1)c1ccc(C)cc1. The van der Waals surface area contributed by atoms with Gasteiger partial charge in [-0.2, -0.15) is 0 Å². The van der Waals surface area contributed by atoms with Gasteiger partial charge in [0.15, 0.2) is 0 Å². The fourth-order valence-electron chi connectivity index (χ4n) is 1.93. The molecule has 0 saturated heterocycles. The van der Waals surface area contributed by atoms with Gasteiger partial charge in [-0.05, 0) is 25.1 Å². The first-order chi connectivity index (χ1) is 7.81. The minimum Gasteiger partial charge on any atom is -0.309 e. The zero-order valence-electron chi connectivity index (χ0n) is 9.77. The number of hydrogen-bond donors (Lipinski definition) is 1. The van der Waals surface area contributed by atoms with Crippen LogP contribution in [-0.4, -0.2) is 7.05 Å². The van der Waals surface area contributed by atoms with E-state index in [0.29, 0.717) is 0 Å². The highest BCUT2D eigenvalue weighted by Crippen LogP contribution is 2.21. The molecule has 0 aliphatic carbocycles. The molecule has 0 aromatic heterocycles. The van der Waals surface area contributed by atoms with E-state index in [1.54, 1.807) is 0 Å². The van der Waals surface area contributed by atoms with Gasteiger partial charge in [0.1, 0.15) is 0 Å². The van der Waals surface area contributed by atoms with E-state index in [4.69, 9.17) is 0 Å². The molecule has 2 aromatic rings. The molecule has 1 heteroatoms. The van der Waals surface area contributed by atoms with Gasteiger partial charge in [0.25, 0.3) is 0 Å². The molecule has 0 aliphatic heterocycles. The van der Waals surface area contributed by atoms with Gasteiger partial charge in [-0.1, -0.05) is 60.2 Å². The average Bonchev–Trinajstić information content (AvgIpc) is 2.34. The molecule has 0 spiro atoms. The second-order valence-electron chi connectivity index (χ2n) is 4.04. The van der Waals surface area contributed by atoms with Crippen LogP contribution in [0.3, 0.4) is 0 Å². The maximum atomic E-state index is 3.35. The van der Waals surface area contributed by atoms with Crippen molar-refractivity contribution < 1.29 is 0 Å². The summed E-state index contributed by atoms with van der Waals surface area (Å²) in [6.07, 6.45) is 0. The molecule has 1 N–H and O–H groups in total. The molecular weight excluding hydrogens is 194 g/mol. The lowest BCUT2D eigenvalue weighted by Crippen LogP contribution is -2.17. The zero-order chi connectivity index (χ0) is 11.4. The number of hydrogen-bond acceptors (Lipinski definition) is 1. The van der Waals surface area contributed by atoms with Crippen molar-refractivity contribution in [3.63, 3.8) is 0 Å². The Kier molecular flexibility index (Phi) is 3.37. The highest BCUT2D eigenvalue weighted by Gasteiger charge is 2.10. The van der Waals surface area contributed by atoms with Crippen LogP contribution in [0.2, 0.25) is 0 Å². The molecule has 2 aromatic carbocycles. The summed E-state index contributed by atoms with van der Waals surface area (Å²) >= 11 is 0. The molecule has 0 unspecified atom stereocenters. The number of nitrogens with one attached hydrogen (secondary N) is 1. The van der Waals surface area contributed by atoms with Gasteiger partial charge in [0.2, 0.25) is 0 Å². The van der Waals surface area contributed by atoms with Gasteiger partial charge in [0, 0.05) is 0 Å². The molecule has 2 rings (SSSR count). The normalized spacial score (nSPS) is 12.4. The van der Waals surface area contributed by atoms with E-state index in [-0.39, 0.29) is 6.04 Å². The van der Waals surface area contributed by atoms with Gasteiger partial charge in [-0.15, -0.1) is 0 Å². The number of aryl methyl sites for hydroxylation is 1. The number of rotatable bonds is 3. The van der Waals surface area contributed by atoms with Gasteiger partial charge in [-0.25, -0.2) is 0 Å². The van der Waals surface area contributed by atoms with E-state index >= 15 is 0 Å². The fourth-order valence-corrected chi connectivity index (χ4v) is 1.93. The van der Waals surface area contributed by atoms with Crippen molar-refractivity contribution in [1.29, 1.82) is 0 Å². The predicted molar refractivity (Wildman–Crippen MR) is 68.5 cm³/mol. The van der Waals surface area contributed by atoms with Crippen LogP contribution >= 0.6 is 0 Å². The predicted octanol–water partition coefficient (Wildman–Crippen LogP) is 3.30. The van der Waals surface area contributed by atoms with Gasteiger partial charge in [0.05, 0.1) is 6.04 Å². The first kappa shape index (κ1) is 10.9. The van der Waals surface area contributed by atoms with Gasteiger partial charge in [-0.3, -0.25) is 0 Å². The Bertz CT molecular complexity index is 431. The van der Waals surface area contributed by atoms with Crippen molar-refractivity contribution in [3.05, 3.63) is 71.3 Å². The minimum atomic E-state index is 0.279. The average molecular weight is 211 g/mol. The van der Waals surface area contributed by atoms with Crippen molar-refractivity contribution in [2.24, 2.45) is 0 Å². The topological polar surface area (TPSA) is 12.0 Å². The summed E-state index contributed by atoms with van der Waals surface area (Å²) in [6, 6.07) is 19.5. The van der Waals surface area contributed by atoms with Crippen LogP contribution in [0.5, 0.6) is 0 Å². The molecule has 1 nitrogen and oxygen atoms in total. The fraction of sp³-hybridized carbons (Fsp3) is 0.200. The first-order valence-electron chi connectivity index (χ1n) is 5.60. The second kappa shape index (κ2) is 4.95. The summed E-state index contributed by atoms with van der Waals surface area (Å²) in [5, 5.41) is 3.35. The highest BCUT2D eigenvalue weighted by molar-refractivity contribution is 5.33. The Morgan fingerprint density at radius 3 is 1.94 bits per heavy atom. The van der Waals surface area contributed by atoms with Crippen LogP contribution in [0.1, 0.15) is 22.7 Å². The third-order valence-corrected chi connectivity index (χ3v) is 2.83. The highest BCUT2D eigenvalue weighted by atomic mass is 14.9. The molecule has 0 fully saturated rings. The lowest BCUT2D eigenvalue weighted by atomic mass is 9.98. The summed E-state index contributed by atoms with van der Waals surface area (Å²) in [6.45, 7) is 2.11. The van der Waals surface area contributed by atoms with Gasteiger partial charge >= 0.3 is 0 Å². The molecule has 16 heavy (non-hydrogen) atoms. The van der Waals surface area contributed by atoms with E-state index in [2.05, 4.69) is 60.8 Å². The molecule has 0 bridgehead atoms. The van der Waals surface area contributed by atoms with Crippen LogP contribution in [0.4, 0.5) is 0 Å². The Labute approximate surface area is 97.1 Å². The maximum absolute atomic E-state index is 3.35. The molecule has 0 amide bonds. The summed E-state index contributed by atoms with van der Waals surface area (Å²) in [5.74, 6) is 0. The largest absolute Gasteiger partial charge is 0.309 e. The Balaban J connectivity index is 2.33. The van der Waals surface area contributed by atoms with Crippen molar-refractivity contribution in [1.82, 2.24) is 5.32 Å². The first-order valence-corrected chi connectivity index (χ1v) is 5.60. The monoisotopic (exact) mass is 211 g/mol. The second-order valence-corrected chi connectivity index (χ2v) is 4.04. The van der Waals surface area contributed by atoms with E-state index in [0.717, 1.165) is 0 Å². The van der Waals surface area contributed by atoms with E-state index in [1.165, 1.54) is 16.7 Å². The van der Waals surface area contributed by atoms with Crippen molar-refractivity contribution in [3.8, 4) is 0 Å². The van der Waals surface area contributed by atoms with Crippen molar-refractivity contribution in [2.75, 3.05) is 7.05 Å². The van der Waals surface area contributed by atoms with Crippen LogP contribution in [0, 0.1) is 6.92 Å². The van der Waals surface area contributed by atoms with E-state index in [9.17, 15) is 0 Å². The molecule has 0 heterocycles. The van der Waals surface area contributed by atoms with Crippen molar-refractivity contribution >= 4 is 0 Å². The summed E-state index contributed by atoms with van der Waals surface area (Å²) < 4.78 is 0.